The van der Waals surface area contributed by atoms with Crippen molar-refractivity contribution >= 4 is 29.2 Å². The van der Waals surface area contributed by atoms with E-state index >= 15 is 0 Å². The number of benzene rings is 1. The van der Waals surface area contributed by atoms with Gasteiger partial charge in [-0.3, -0.25) is 9.59 Å². The van der Waals surface area contributed by atoms with Gasteiger partial charge in [0.1, 0.15) is 11.6 Å². The van der Waals surface area contributed by atoms with Crippen molar-refractivity contribution in [2.45, 2.75) is 13.3 Å². The minimum atomic E-state index is -1.02. The number of carboxylic acids is 1. The molecule has 0 spiro atoms. The summed E-state index contributed by atoms with van der Waals surface area (Å²) in [6.45, 7) is 1.76. The van der Waals surface area contributed by atoms with Crippen LogP contribution in [-0.2, 0) is 9.59 Å². The molecule has 0 fully saturated rings. The first kappa shape index (κ1) is 16.5. The molecule has 21 heavy (non-hydrogen) atoms. The topological polar surface area (TPSA) is 102 Å². The number of halogens is 1. The van der Waals surface area contributed by atoms with Gasteiger partial charge >= 0.3 is 5.97 Å². The average molecular weight is 308 g/mol. The largest absolute Gasteiger partial charge is 0.481 e. The fourth-order valence-electron chi connectivity index (χ4n) is 1.44. The summed E-state index contributed by atoms with van der Waals surface area (Å²) in [5.41, 5.74) is 1.31. The Labute approximate surface area is 127 Å². The fraction of sp³-hybridized carbons (Fsp3) is 0.214. The maximum absolute atomic E-state index is 11.7. The van der Waals surface area contributed by atoms with Crippen LogP contribution in [0, 0.1) is 18.3 Å². The lowest BCUT2D eigenvalue weighted by molar-refractivity contribution is -0.136. The molecule has 0 saturated carbocycles. The van der Waals surface area contributed by atoms with Crippen LogP contribution in [0.25, 0.3) is 0 Å². The Kier molecular flexibility index (Phi) is 6.24. The maximum atomic E-state index is 11.7. The van der Waals surface area contributed by atoms with Gasteiger partial charge in [-0.25, -0.2) is 0 Å². The Morgan fingerprint density at radius 2 is 2.19 bits per heavy atom. The summed E-state index contributed by atoms with van der Waals surface area (Å²) in [6.07, 6.45) is 1.06. The average Bonchev–Trinajstić information content (AvgIpc) is 2.43. The zero-order chi connectivity index (χ0) is 15.8. The van der Waals surface area contributed by atoms with Crippen molar-refractivity contribution in [2.75, 3.05) is 11.9 Å². The molecule has 0 unspecified atom stereocenters. The minimum Gasteiger partial charge on any atom is -0.481 e. The van der Waals surface area contributed by atoms with Crippen molar-refractivity contribution in [1.29, 1.82) is 5.26 Å². The molecular formula is C14H14ClN3O3. The molecule has 110 valence electrons. The molecule has 0 heterocycles. The van der Waals surface area contributed by atoms with Crippen LogP contribution >= 0.6 is 11.6 Å². The van der Waals surface area contributed by atoms with Crippen molar-refractivity contribution in [3.05, 3.63) is 40.6 Å². The van der Waals surface area contributed by atoms with Crippen LogP contribution in [0.15, 0.2) is 30.0 Å². The fourth-order valence-corrected chi connectivity index (χ4v) is 1.62. The second-order valence-electron chi connectivity index (χ2n) is 4.13. The van der Waals surface area contributed by atoms with Crippen LogP contribution < -0.4 is 10.6 Å². The van der Waals surface area contributed by atoms with Crippen molar-refractivity contribution in [3.8, 4) is 6.07 Å². The first-order valence-electron chi connectivity index (χ1n) is 6.07. The Hall–Kier alpha value is -2.52. The van der Waals surface area contributed by atoms with Gasteiger partial charge in [0.2, 0.25) is 0 Å². The summed E-state index contributed by atoms with van der Waals surface area (Å²) in [5, 5.41) is 23.2. The molecule has 0 radical (unpaired) electrons. The number of nitrogens with one attached hydrogen (secondary N) is 2. The number of rotatable bonds is 6. The maximum Gasteiger partial charge on any atom is 0.305 e. The van der Waals surface area contributed by atoms with Gasteiger partial charge in [0.05, 0.1) is 6.42 Å². The van der Waals surface area contributed by atoms with Gasteiger partial charge in [0.25, 0.3) is 5.91 Å². The highest BCUT2D eigenvalue weighted by molar-refractivity contribution is 6.31. The molecular weight excluding hydrogens is 294 g/mol. The van der Waals surface area contributed by atoms with E-state index in [1.54, 1.807) is 31.2 Å². The number of aliphatic carboxylic acids is 1. The van der Waals surface area contributed by atoms with Gasteiger partial charge < -0.3 is 15.7 Å². The monoisotopic (exact) mass is 307 g/mol. The van der Waals surface area contributed by atoms with Gasteiger partial charge in [0.15, 0.2) is 0 Å². The number of carboxylic acid groups (broad SMARTS) is 1. The summed E-state index contributed by atoms with van der Waals surface area (Å²) >= 11 is 5.96. The highest BCUT2D eigenvalue weighted by Gasteiger charge is 2.09. The molecule has 0 atom stereocenters. The van der Waals surface area contributed by atoms with Gasteiger partial charge in [-0.15, -0.1) is 0 Å². The van der Waals surface area contributed by atoms with Gasteiger partial charge in [-0.2, -0.15) is 5.26 Å². The van der Waals surface area contributed by atoms with E-state index in [1.807, 2.05) is 0 Å². The molecule has 6 nitrogen and oxygen atoms in total. The van der Waals surface area contributed by atoms with E-state index in [0.29, 0.717) is 10.7 Å². The Morgan fingerprint density at radius 3 is 2.81 bits per heavy atom. The number of amides is 1. The van der Waals surface area contributed by atoms with Crippen LogP contribution in [0.4, 0.5) is 5.69 Å². The van der Waals surface area contributed by atoms with Crippen LogP contribution in [0.5, 0.6) is 0 Å². The smallest absolute Gasteiger partial charge is 0.305 e. The number of anilines is 1. The third-order valence-corrected chi connectivity index (χ3v) is 3.04. The molecule has 0 aliphatic rings. The molecule has 0 saturated heterocycles. The third kappa shape index (κ3) is 5.16. The van der Waals surface area contributed by atoms with Crippen molar-refractivity contribution in [3.63, 3.8) is 0 Å². The summed E-state index contributed by atoms with van der Waals surface area (Å²) in [5.74, 6) is -1.66. The van der Waals surface area contributed by atoms with Crippen LogP contribution in [0.3, 0.4) is 0 Å². The summed E-state index contributed by atoms with van der Waals surface area (Å²) in [7, 11) is 0. The van der Waals surface area contributed by atoms with E-state index in [1.165, 1.54) is 6.20 Å². The predicted molar refractivity (Wildman–Crippen MR) is 78.8 cm³/mol. The van der Waals surface area contributed by atoms with E-state index in [4.69, 9.17) is 22.0 Å². The van der Waals surface area contributed by atoms with Crippen molar-refractivity contribution in [1.82, 2.24) is 5.32 Å². The number of nitriles is 1. The third-order valence-electron chi connectivity index (χ3n) is 2.63. The van der Waals surface area contributed by atoms with Crippen molar-refractivity contribution in [2.24, 2.45) is 0 Å². The first-order valence-corrected chi connectivity index (χ1v) is 6.45. The Balaban J connectivity index is 2.71. The lowest BCUT2D eigenvalue weighted by Crippen LogP contribution is -2.27. The number of carbonyl (C=O) groups excluding carboxylic acids is 1. The Morgan fingerprint density at radius 1 is 1.48 bits per heavy atom. The highest BCUT2D eigenvalue weighted by atomic mass is 35.5. The normalized spacial score (nSPS) is 10.6. The molecule has 3 N–H and O–H groups in total. The second kappa shape index (κ2) is 7.92. The zero-order valence-corrected chi connectivity index (χ0v) is 12.1. The predicted octanol–water partition coefficient (Wildman–Crippen LogP) is 2.06. The minimum absolute atomic E-state index is 0.0383. The molecule has 0 aromatic heterocycles. The van der Waals surface area contributed by atoms with E-state index in [0.717, 1.165) is 5.56 Å². The molecule has 1 rings (SSSR count). The second-order valence-corrected chi connectivity index (χ2v) is 4.53. The van der Waals surface area contributed by atoms with E-state index < -0.39 is 11.9 Å². The van der Waals surface area contributed by atoms with E-state index in [9.17, 15) is 9.59 Å². The van der Waals surface area contributed by atoms with Gasteiger partial charge in [-0.1, -0.05) is 17.7 Å². The van der Waals surface area contributed by atoms with Crippen LogP contribution in [-0.4, -0.2) is 23.5 Å². The highest BCUT2D eigenvalue weighted by Crippen LogP contribution is 2.22. The van der Waals surface area contributed by atoms with Crippen LogP contribution in [0.1, 0.15) is 12.0 Å². The standard InChI is InChI=1S/C14H14ClN3O3/c1-9-11(15)3-2-4-12(9)18-8-10(7-16)14(21)17-6-5-13(19)20/h2-4,8,18H,5-6H2,1H3,(H,17,21)(H,19,20)/b10-8-. The summed E-state index contributed by atoms with van der Waals surface area (Å²) < 4.78 is 0. The number of hydrogen-bond acceptors (Lipinski definition) is 4. The SMILES string of the molecule is Cc1c(Cl)cccc1N/C=C(/C#N)C(=O)NCCC(=O)O. The molecule has 0 aliphatic carbocycles. The van der Waals surface area contributed by atoms with E-state index in [2.05, 4.69) is 10.6 Å². The molecule has 1 aromatic rings. The number of hydrogen-bond donors (Lipinski definition) is 3. The molecule has 1 amide bonds. The molecule has 0 aliphatic heterocycles. The summed E-state index contributed by atoms with van der Waals surface area (Å²) in [6, 6.07) is 6.98. The number of nitrogens with zero attached hydrogens (tertiary/aromatic N) is 1. The quantitative estimate of drug-likeness (QED) is 0.551. The molecule has 1 aromatic carbocycles. The Bertz CT molecular complexity index is 620. The van der Waals surface area contributed by atoms with Crippen molar-refractivity contribution < 1.29 is 14.7 Å². The first-order chi connectivity index (χ1) is 9.95. The van der Waals surface area contributed by atoms with E-state index in [-0.39, 0.29) is 18.5 Å². The van der Waals surface area contributed by atoms with Gasteiger partial charge in [-0.05, 0) is 24.6 Å². The lowest BCUT2D eigenvalue weighted by Gasteiger charge is -2.07. The van der Waals surface area contributed by atoms with Gasteiger partial charge in [0, 0.05) is 23.5 Å². The summed E-state index contributed by atoms with van der Waals surface area (Å²) in [4.78, 5) is 22.0. The van der Waals surface area contributed by atoms with Crippen LogP contribution in [0.2, 0.25) is 5.02 Å². The molecule has 0 bridgehead atoms. The zero-order valence-electron chi connectivity index (χ0n) is 11.3. The molecule has 7 heteroatoms. The lowest BCUT2D eigenvalue weighted by atomic mass is 10.2. The number of carbonyl (C=O) groups is 2.